The van der Waals surface area contributed by atoms with Gasteiger partial charge in [-0.2, -0.15) is 0 Å². The highest BCUT2D eigenvalue weighted by Gasteiger charge is 2.10. The first-order valence-corrected chi connectivity index (χ1v) is 3.81. The topological polar surface area (TPSA) is 55.4 Å². The summed E-state index contributed by atoms with van der Waals surface area (Å²) < 4.78 is 0. The number of alkyl halides is 1. The summed E-state index contributed by atoms with van der Waals surface area (Å²) in [6, 6.07) is 0. The number of halogens is 1. The number of allylic oxidation sites excluding steroid dienone is 2. The standard InChI is InChI=1S/C7H8ClN2O2/c1-5(11)9-7-4-2-3-6(8)10(7)12/h2-4,6H,1H3,(H,9,11)/q-1. The summed E-state index contributed by atoms with van der Waals surface area (Å²) in [5.41, 5.74) is -0.739. The first-order chi connectivity index (χ1) is 5.61. The molecule has 0 bridgehead atoms. The summed E-state index contributed by atoms with van der Waals surface area (Å²) in [5.74, 6) is -0.119. The predicted molar refractivity (Wildman–Crippen MR) is 45.9 cm³/mol. The maximum atomic E-state index is 11.1. The average molecular weight is 188 g/mol. The molecule has 1 unspecified atom stereocenters. The quantitative estimate of drug-likeness (QED) is 0.490. The molecule has 0 aromatic heterocycles. The molecule has 1 aliphatic heterocycles. The van der Waals surface area contributed by atoms with Crippen LogP contribution in [0.4, 0.5) is 0 Å². The summed E-state index contributed by atoms with van der Waals surface area (Å²) in [7, 11) is 0. The van der Waals surface area contributed by atoms with Gasteiger partial charge in [-0.25, -0.2) is 0 Å². The highest BCUT2D eigenvalue weighted by atomic mass is 35.5. The van der Waals surface area contributed by atoms with Crippen LogP contribution in [0.15, 0.2) is 24.0 Å². The van der Waals surface area contributed by atoms with Gasteiger partial charge in [0, 0.05) is 6.92 Å². The van der Waals surface area contributed by atoms with E-state index in [1.54, 1.807) is 6.08 Å². The molecule has 1 heterocycles. The number of nitrogens with one attached hydrogen (secondary N) is 1. The molecule has 1 rings (SSSR count). The Morgan fingerprint density at radius 1 is 1.83 bits per heavy atom. The van der Waals surface area contributed by atoms with Crippen molar-refractivity contribution >= 4 is 17.5 Å². The molecule has 0 fully saturated rings. The molecule has 0 saturated heterocycles. The number of nitrogens with zero attached hydrogens (tertiary/aromatic N) is 1. The van der Waals surface area contributed by atoms with Crippen LogP contribution in [0.3, 0.4) is 0 Å². The Hall–Kier alpha value is -1.00. The van der Waals surface area contributed by atoms with Gasteiger partial charge in [-0.1, -0.05) is 17.7 Å². The fourth-order valence-electron chi connectivity index (χ4n) is 0.800. The molecule has 0 saturated carbocycles. The van der Waals surface area contributed by atoms with E-state index < -0.39 is 5.50 Å². The third-order valence-corrected chi connectivity index (χ3v) is 1.61. The molecular weight excluding hydrogens is 180 g/mol. The van der Waals surface area contributed by atoms with Crippen LogP contribution in [-0.2, 0) is 4.79 Å². The van der Waals surface area contributed by atoms with Gasteiger partial charge in [0.05, 0.1) is 5.82 Å². The average Bonchev–Trinajstić information content (AvgIpc) is 1.98. The SMILES string of the molecule is CC(=O)NC1=CC=CC(Cl)N1[O-]. The molecule has 1 N–H and O–H groups in total. The molecule has 5 heteroatoms. The Balaban J connectivity index is 2.69. The smallest absolute Gasteiger partial charge is 0.222 e. The van der Waals surface area contributed by atoms with Crippen molar-refractivity contribution in [2.45, 2.75) is 12.4 Å². The number of rotatable bonds is 1. The van der Waals surface area contributed by atoms with Gasteiger partial charge in [0.1, 0.15) is 5.50 Å². The molecular formula is C7H8ClN2O2-. The van der Waals surface area contributed by atoms with Gasteiger partial charge in [0.15, 0.2) is 0 Å². The lowest BCUT2D eigenvalue weighted by molar-refractivity contribution is -0.118. The number of carbonyl (C=O) groups excluding carboxylic acids is 1. The maximum Gasteiger partial charge on any atom is 0.222 e. The summed E-state index contributed by atoms with van der Waals surface area (Å²) in [6.07, 6.45) is 4.64. The van der Waals surface area contributed by atoms with E-state index in [2.05, 4.69) is 5.32 Å². The Labute approximate surface area is 75.1 Å². The van der Waals surface area contributed by atoms with Crippen molar-refractivity contribution in [3.05, 3.63) is 29.3 Å². The fourth-order valence-corrected chi connectivity index (χ4v) is 0.989. The van der Waals surface area contributed by atoms with Crippen molar-refractivity contribution in [1.82, 2.24) is 10.4 Å². The third kappa shape index (κ3) is 1.99. The van der Waals surface area contributed by atoms with Gasteiger partial charge < -0.3 is 15.6 Å². The molecule has 0 aromatic carbocycles. The van der Waals surface area contributed by atoms with Gasteiger partial charge >= 0.3 is 0 Å². The largest absolute Gasteiger partial charge is 0.756 e. The van der Waals surface area contributed by atoms with E-state index in [1.165, 1.54) is 19.1 Å². The van der Waals surface area contributed by atoms with Gasteiger partial charge in [-0.15, -0.1) is 0 Å². The van der Waals surface area contributed by atoms with Crippen molar-refractivity contribution in [2.75, 3.05) is 0 Å². The lowest BCUT2D eigenvalue weighted by Crippen LogP contribution is -2.35. The van der Waals surface area contributed by atoms with Crippen LogP contribution in [-0.4, -0.2) is 16.5 Å². The van der Waals surface area contributed by atoms with Crippen molar-refractivity contribution in [1.29, 1.82) is 0 Å². The lowest BCUT2D eigenvalue weighted by Gasteiger charge is -2.37. The van der Waals surface area contributed by atoms with E-state index in [0.717, 1.165) is 0 Å². The van der Waals surface area contributed by atoms with E-state index in [0.29, 0.717) is 5.06 Å². The molecule has 0 radical (unpaired) electrons. The molecule has 66 valence electrons. The van der Waals surface area contributed by atoms with Gasteiger partial charge in [0.25, 0.3) is 0 Å². The lowest BCUT2D eigenvalue weighted by atomic mass is 10.3. The van der Waals surface area contributed by atoms with E-state index in [4.69, 9.17) is 11.6 Å². The van der Waals surface area contributed by atoms with Crippen LogP contribution in [0.5, 0.6) is 0 Å². The van der Waals surface area contributed by atoms with Crippen LogP contribution in [0.25, 0.3) is 0 Å². The zero-order valence-corrected chi connectivity index (χ0v) is 7.21. The molecule has 1 amide bonds. The highest BCUT2D eigenvalue weighted by molar-refractivity contribution is 6.21. The first kappa shape index (κ1) is 9.09. The highest BCUT2D eigenvalue weighted by Crippen LogP contribution is 2.15. The Bertz CT molecular complexity index is 250. The Morgan fingerprint density at radius 2 is 2.50 bits per heavy atom. The predicted octanol–water partition coefficient (Wildman–Crippen LogP) is 0.898. The number of hydrogen-bond acceptors (Lipinski definition) is 3. The zero-order chi connectivity index (χ0) is 9.14. The van der Waals surface area contributed by atoms with Crippen LogP contribution in [0.2, 0.25) is 0 Å². The van der Waals surface area contributed by atoms with E-state index in [-0.39, 0.29) is 11.7 Å². The van der Waals surface area contributed by atoms with Crippen LogP contribution in [0, 0.1) is 5.21 Å². The summed E-state index contributed by atoms with van der Waals surface area (Å²) in [4.78, 5) is 10.6. The van der Waals surface area contributed by atoms with Crippen molar-refractivity contribution in [3.63, 3.8) is 0 Å². The number of hydrogen-bond donors (Lipinski definition) is 1. The third-order valence-electron chi connectivity index (χ3n) is 1.29. The van der Waals surface area contributed by atoms with Gasteiger partial charge in [-0.3, -0.25) is 4.79 Å². The van der Waals surface area contributed by atoms with E-state index >= 15 is 0 Å². The fraction of sp³-hybridized carbons (Fsp3) is 0.286. The van der Waals surface area contributed by atoms with Crippen LogP contribution in [0.1, 0.15) is 6.92 Å². The van der Waals surface area contributed by atoms with Crippen molar-refractivity contribution in [2.24, 2.45) is 0 Å². The molecule has 12 heavy (non-hydrogen) atoms. The number of carbonyl (C=O) groups is 1. The van der Waals surface area contributed by atoms with Crippen LogP contribution >= 0.6 is 11.6 Å². The molecule has 0 spiro atoms. The first-order valence-electron chi connectivity index (χ1n) is 3.38. The summed E-state index contributed by atoms with van der Waals surface area (Å²) >= 11 is 5.58. The molecule has 0 aromatic rings. The second kappa shape index (κ2) is 3.60. The minimum atomic E-state index is -0.739. The molecule has 4 nitrogen and oxygen atoms in total. The monoisotopic (exact) mass is 187 g/mol. The molecule has 1 atom stereocenters. The Morgan fingerprint density at radius 3 is 3.08 bits per heavy atom. The Kier molecular flexibility index (Phi) is 2.73. The molecule has 1 aliphatic rings. The second-order valence-electron chi connectivity index (χ2n) is 2.32. The van der Waals surface area contributed by atoms with E-state index in [1.807, 2.05) is 0 Å². The van der Waals surface area contributed by atoms with Gasteiger partial charge in [-0.05, 0) is 12.2 Å². The summed E-state index contributed by atoms with van der Waals surface area (Å²) in [5, 5.41) is 14.0. The summed E-state index contributed by atoms with van der Waals surface area (Å²) in [6.45, 7) is 1.33. The number of hydroxylamine groups is 2. The van der Waals surface area contributed by atoms with Gasteiger partial charge in [0.2, 0.25) is 5.91 Å². The maximum absolute atomic E-state index is 11.1. The van der Waals surface area contributed by atoms with Crippen molar-refractivity contribution in [3.8, 4) is 0 Å². The van der Waals surface area contributed by atoms with E-state index in [9.17, 15) is 10.0 Å². The normalized spacial score (nSPS) is 22.1. The minimum absolute atomic E-state index is 0.171. The zero-order valence-electron chi connectivity index (χ0n) is 6.45. The number of amides is 1. The van der Waals surface area contributed by atoms with Crippen LogP contribution < -0.4 is 5.32 Å². The minimum Gasteiger partial charge on any atom is -0.756 e. The second-order valence-corrected chi connectivity index (χ2v) is 2.76. The molecule has 0 aliphatic carbocycles. The van der Waals surface area contributed by atoms with Crippen molar-refractivity contribution < 1.29 is 4.79 Å².